The molecular weight excluding hydrogens is 376 g/mol. The van der Waals surface area contributed by atoms with Crippen LogP contribution in [0.1, 0.15) is 49.2 Å². The van der Waals surface area contributed by atoms with Gasteiger partial charge in [0.2, 0.25) is 0 Å². The number of thiocarbonyl (C=S) groups is 1. The summed E-state index contributed by atoms with van der Waals surface area (Å²) in [4.78, 5) is 15.6. The van der Waals surface area contributed by atoms with Gasteiger partial charge in [-0.25, -0.2) is 0 Å². The van der Waals surface area contributed by atoms with E-state index in [1.54, 1.807) is 0 Å². The number of rotatable bonds is 6. The number of amides is 1. The second-order valence-electron chi connectivity index (χ2n) is 7.67. The van der Waals surface area contributed by atoms with E-state index in [0.717, 1.165) is 4.99 Å². The second-order valence-corrected chi connectivity index (χ2v) is 8.05. The van der Waals surface area contributed by atoms with E-state index < -0.39 is 5.54 Å². The van der Waals surface area contributed by atoms with Crippen molar-refractivity contribution in [3.8, 4) is 0 Å². The number of nitrogens with one attached hydrogen (secondary N) is 1. The summed E-state index contributed by atoms with van der Waals surface area (Å²) >= 11 is 5.89. The third kappa shape index (κ3) is 4.33. The number of nitrogens with zero attached hydrogens (tertiary/aromatic N) is 1. The maximum Gasteiger partial charge on any atom is 0.252 e. The molecule has 3 rings (SSSR count). The number of benzene rings is 3. The molecule has 2 atom stereocenters. The van der Waals surface area contributed by atoms with Crippen molar-refractivity contribution >= 4 is 33.9 Å². The monoisotopic (exact) mass is 404 g/mol. The average molecular weight is 405 g/mol. The molecule has 4 heteroatoms. The highest BCUT2D eigenvalue weighted by molar-refractivity contribution is 7.80. The van der Waals surface area contributed by atoms with Crippen LogP contribution in [-0.4, -0.2) is 28.4 Å². The Morgan fingerprint density at radius 3 is 2.34 bits per heavy atom. The van der Waals surface area contributed by atoms with Crippen molar-refractivity contribution in [1.29, 1.82) is 0 Å². The van der Waals surface area contributed by atoms with Crippen LogP contribution in [-0.2, 0) is 0 Å². The highest BCUT2D eigenvalue weighted by Gasteiger charge is 2.34. The summed E-state index contributed by atoms with van der Waals surface area (Å²) in [5.41, 5.74) is 1.25. The van der Waals surface area contributed by atoms with Crippen LogP contribution in [0.5, 0.6) is 0 Å². The van der Waals surface area contributed by atoms with Crippen molar-refractivity contribution < 1.29 is 4.79 Å². The molecule has 0 saturated heterocycles. The number of hydrogen-bond donors (Lipinski definition) is 1. The van der Waals surface area contributed by atoms with Crippen molar-refractivity contribution in [2.24, 2.45) is 0 Å². The number of likely N-dealkylation sites (N-methyl/N-ethyl adjacent to an activating group) is 1. The van der Waals surface area contributed by atoms with Gasteiger partial charge in [-0.3, -0.25) is 4.79 Å². The summed E-state index contributed by atoms with van der Waals surface area (Å²) < 4.78 is 0. The quantitative estimate of drug-likeness (QED) is 0.530. The zero-order valence-electron chi connectivity index (χ0n) is 17.5. The van der Waals surface area contributed by atoms with Gasteiger partial charge in [0, 0.05) is 12.6 Å². The van der Waals surface area contributed by atoms with E-state index >= 15 is 0 Å². The van der Waals surface area contributed by atoms with Crippen LogP contribution in [0.15, 0.2) is 72.8 Å². The van der Waals surface area contributed by atoms with Crippen LogP contribution < -0.4 is 5.32 Å². The fourth-order valence-electron chi connectivity index (χ4n) is 3.59. The number of hydrogen-bond acceptors (Lipinski definition) is 2. The maximum absolute atomic E-state index is 12.8. The van der Waals surface area contributed by atoms with Crippen LogP contribution in [0, 0.1) is 0 Å². The Kier molecular flexibility index (Phi) is 6.33. The SMILES string of the molecule is CC[C@@](C)(NC(=O)c1ccccc1)C(=S)N(C)[C@H](C)c1cccc2ccccc12. The topological polar surface area (TPSA) is 32.3 Å². The third-order valence-electron chi connectivity index (χ3n) is 5.78. The summed E-state index contributed by atoms with van der Waals surface area (Å²) in [7, 11) is 2.01. The molecule has 0 heterocycles. The lowest BCUT2D eigenvalue weighted by molar-refractivity contribution is 0.0923. The van der Waals surface area contributed by atoms with Gasteiger partial charge in [0.25, 0.3) is 5.91 Å². The first-order valence-corrected chi connectivity index (χ1v) is 10.4. The Bertz CT molecular complexity index is 1010. The lowest BCUT2D eigenvalue weighted by Gasteiger charge is -2.39. The van der Waals surface area contributed by atoms with Crippen molar-refractivity contribution in [1.82, 2.24) is 10.2 Å². The van der Waals surface area contributed by atoms with Gasteiger partial charge in [-0.15, -0.1) is 0 Å². The molecule has 0 saturated carbocycles. The Morgan fingerprint density at radius 1 is 1.03 bits per heavy atom. The van der Waals surface area contributed by atoms with Gasteiger partial charge in [0.15, 0.2) is 0 Å². The van der Waals surface area contributed by atoms with Crippen LogP contribution >= 0.6 is 12.2 Å². The number of carbonyl (C=O) groups is 1. The van der Waals surface area contributed by atoms with Crippen molar-refractivity contribution in [2.75, 3.05) is 7.05 Å². The molecule has 3 aromatic rings. The Labute approximate surface area is 178 Å². The molecule has 0 aliphatic carbocycles. The normalized spacial score (nSPS) is 14.1. The highest BCUT2D eigenvalue weighted by atomic mass is 32.1. The van der Waals surface area contributed by atoms with E-state index in [4.69, 9.17) is 12.2 Å². The van der Waals surface area contributed by atoms with Gasteiger partial charge < -0.3 is 10.2 Å². The fourth-order valence-corrected chi connectivity index (χ4v) is 3.95. The van der Waals surface area contributed by atoms with Crippen molar-refractivity contribution in [3.05, 3.63) is 83.9 Å². The minimum absolute atomic E-state index is 0.0769. The molecule has 0 spiro atoms. The number of fused-ring (bicyclic) bond motifs is 1. The lowest BCUT2D eigenvalue weighted by atomic mass is 9.94. The van der Waals surface area contributed by atoms with Crippen LogP contribution in [0.4, 0.5) is 0 Å². The summed E-state index contributed by atoms with van der Waals surface area (Å²) in [5, 5.41) is 5.60. The van der Waals surface area contributed by atoms with Gasteiger partial charge >= 0.3 is 0 Å². The summed E-state index contributed by atoms with van der Waals surface area (Å²) in [6.07, 6.45) is 0.705. The molecule has 0 aliphatic heterocycles. The van der Waals surface area contributed by atoms with E-state index in [1.165, 1.54) is 16.3 Å². The minimum Gasteiger partial charge on any atom is -0.360 e. The Morgan fingerprint density at radius 2 is 1.66 bits per heavy atom. The lowest BCUT2D eigenvalue weighted by Crippen LogP contribution is -2.56. The fraction of sp³-hybridized carbons (Fsp3) is 0.280. The van der Waals surface area contributed by atoms with Crippen LogP contribution in [0.3, 0.4) is 0 Å². The van der Waals surface area contributed by atoms with E-state index in [9.17, 15) is 4.79 Å². The molecule has 29 heavy (non-hydrogen) atoms. The van der Waals surface area contributed by atoms with E-state index in [0.29, 0.717) is 12.0 Å². The molecule has 0 bridgehead atoms. The minimum atomic E-state index is -0.615. The first-order chi connectivity index (χ1) is 13.9. The maximum atomic E-state index is 12.8. The molecule has 3 nitrogen and oxygen atoms in total. The Hall–Kier alpha value is -2.72. The molecular formula is C25H28N2OS. The smallest absolute Gasteiger partial charge is 0.252 e. The molecule has 1 N–H and O–H groups in total. The van der Waals surface area contributed by atoms with E-state index in [2.05, 4.69) is 59.6 Å². The first-order valence-electron chi connectivity index (χ1n) is 10.00. The summed E-state index contributed by atoms with van der Waals surface area (Å²) in [6.45, 7) is 6.21. The molecule has 0 aromatic heterocycles. The molecule has 150 valence electrons. The molecule has 3 aromatic carbocycles. The molecule has 0 unspecified atom stereocenters. The number of carbonyl (C=O) groups excluding carboxylic acids is 1. The Balaban J connectivity index is 1.85. The largest absolute Gasteiger partial charge is 0.360 e. The molecule has 0 aliphatic rings. The van der Waals surface area contributed by atoms with E-state index in [-0.39, 0.29) is 11.9 Å². The van der Waals surface area contributed by atoms with Gasteiger partial charge in [0.1, 0.15) is 4.99 Å². The zero-order valence-corrected chi connectivity index (χ0v) is 18.3. The first kappa shape index (κ1) is 21.0. The van der Waals surface area contributed by atoms with Gasteiger partial charge in [-0.1, -0.05) is 79.8 Å². The molecule has 0 radical (unpaired) electrons. The van der Waals surface area contributed by atoms with Crippen LogP contribution in [0.2, 0.25) is 0 Å². The molecule has 0 fully saturated rings. The van der Waals surface area contributed by atoms with Crippen molar-refractivity contribution in [2.45, 2.75) is 38.8 Å². The van der Waals surface area contributed by atoms with E-state index in [1.807, 2.05) is 51.2 Å². The highest BCUT2D eigenvalue weighted by Crippen LogP contribution is 2.30. The van der Waals surface area contributed by atoms with Crippen LogP contribution in [0.25, 0.3) is 10.8 Å². The average Bonchev–Trinajstić information content (AvgIpc) is 2.77. The molecule has 1 amide bonds. The zero-order chi connectivity index (χ0) is 21.0. The summed E-state index contributed by atoms with van der Waals surface area (Å²) in [6, 6.07) is 24.1. The predicted octanol–water partition coefficient (Wildman–Crippen LogP) is 5.76. The summed E-state index contributed by atoms with van der Waals surface area (Å²) in [5.74, 6) is -0.108. The predicted molar refractivity (Wildman–Crippen MR) is 125 cm³/mol. The standard InChI is InChI=1S/C25H28N2OS/c1-5-25(3,26-23(28)20-13-7-6-8-14-20)24(29)27(4)18(2)21-17-11-15-19-12-9-10-16-22(19)21/h6-18H,5H2,1-4H3,(H,26,28)/t18-,25-/m1/s1. The van der Waals surface area contributed by atoms with Gasteiger partial charge in [-0.05, 0) is 48.7 Å². The third-order valence-corrected chi connectivity index (χ3v) is 6.52. The van der Waals surface area contributed by atoms with Gasteiger partial charge in [-0.2, -0.15) is 0 Å². The second kappa shape index (κ2) is 8.75. The van der Waals surface area contributed by atoms with Crippen molar-refractivity contribution in [3.63, 3.8) is 0 Å². The van der Waals surface area contributed by atoms with Gasteiger partial charge in [0.05, 0.1) is 11.6 Å².